The molecule has 0 aliphatic rings. The first-order valence-corrected chi connectivity index (χ1v) is 7.53. The second-order valence-corrected chi connectivity index (χ2v) is 5.10. The van der Waals surface area contributed by atoms with Gasteiger partial charge in [-0.2, -0.15) is 0 Å². The van der Waals surface area contributed by atoms with Crippen molar-refractivity contribution in [2.75, 3.05) is 17.6 Å². The number of nitrogens with one attached hydrogen (secondary N) is 1. The van der Waals surface area contributed by atoms with Crippen molar-refractivity contribution in [3.63, 3.8) is 0 Å². The summed E-state index contributed by atoms with van der Waals surface area (Å²) in [6, 6.07) is 4.89. The van der Waals surface area contributed by atoms with E-state index in [-0.39, 0.29) is 11.5 Å². The van der Waals surface area contributed by atoms with Gasteiger partial charge in [0.15, 0.2) is 0 Å². The van der Waals surface area contributed by atoms with Crippen LogP contribution >= 0.6 is 0 Å². The molecule has 0 aliphatic carbocycles. The van der Waals surface area contributed by atoms with Crippen LogP contribution in [-0.4, -0.2) is 6.54 Å². The Labute approximate surface area is 116 Å². The van der Waals surface area contributed by atoms with Crippen LogP contribution < -0.4 is 11.1 Å². The Morgan fingerprint density at radius 1 is 1.00 bits per heavy atom. The molecule has 0 unspecified atom stereocenters. The molecule has 1 rings (SSSR count). The minimum atomic E-state index is -0.346. The van der Waals surface area contributed by atoms with Gasteiger partial charge in [-0.3, -0.25) is 0 Å². The number of anilines is 2. The van der Waals surface area contributed by atoms with E-state index in [0.717, 1.165) is 13.0 Å². The van der Waals surface area contributed by atoms with Gasteiger partial charge in [-0.05, 0) is 18.6 Å². The summed E-state index contributed by atoms with van der Waals surface area (Å²) >= 11 is 0. The molecule has 0 aromatic heterocycles. The predicted octanol–water partition coefficient (Wildman–Crippen LogP) is 4.96. The lowest BCUT2D eigenvalue weighted by atomic mass is 10.1. The van der Waals surface area contributed by atoms with Crippen molar-refractivity contribution in [1.82, 2.24) is 0 Å². The van der Waals surface area contributed by atoms with Crippen molar-refractivity contribution in [1.29, 1.82) is 0 Å². The summed E-state index contributed by atoms with van der Waals surface area (Å²) in [6.07, 6.45) is 10.4. The van der Waals surface area contributed by atoms with Gasteiger partial charge < -0.3 is 11.1 Å². The maximum absolute atomic E-state index is 13.2. The zero-order valence-corrected chi connectivity index (χ0v) is 12.1. The fourth-order valence-electron chi connectivity index (χ4n) is 2.17. The van der Waals surface area contributed by atoms with Gasteiger partial charge in [0.2, 0.25) is 0 Å². The van der Waals surface area contributed by atoms with Crippen LogP contribution in [0, 0.1) is 5.82 Å². The third-order valence-electron chi connectivity index (χ3n) is 3.40. The second-order valence-electron chi connectivity index (χ2n) is 5.10. The number of benzene rings is 1. The first-order chi connectivity index (χ1) is 9.25. The zero-order chi connectivity index (χ0) is 13.9. The minimum Gasteiger partial charge on any atom is -0.395 e. The van der Waals surface area contributed by atoms with E-state index in [1.165, 1.54) is 51.0 Å². The van der Waals surface area contributed by atoms with E-state index >= 15 is 0 Å². The normalized spacial score (nSPS) is 10.6. The molecule has 0 atom stereocenters. The lowest BCUT2D eigenvalue weighted by molar-refractivity contribution is 0.581. The third-order valence-corrected chi connectivity index (χ3v) is 3.40. The van der Waals surface area contributed by atoms with E-state index in [9.17, 15) is 4.39 Å². The Morgan fingerprint density at radius 2 is 1.63 bits per heavy atom. The molecule has 0 heterocycles. The van der Waals surface area contributed by atoms with Crippen molar-refractivity contribution in [3.8, 4) is 0 Å². The molecule has 0 bridgehead atoms. The molecule has 3 N–H and O–H groups in total. The van der Waals surface area contributed by atoms with Crippen LogP contribution in [0.4, 0.5) is 15.8 Å². The van der Waals surface area contributed by atoms with E-state index in [2.05, 4.69) is 12.2 Å². The summed E-state index contributed by atoms with van der Waals surface area (Å²) in [6.45, 7) is 3.10. The van der Waals surface area contributed by atoms with Gasteiger partial charge in [-0.25, -0.2) is 4.39 Å². The molecular formula is C16H27FN2. The number of halogens is 1. The van der Waals surface area contributed by atoms with Crippen LogP contribution in [0.2, 0.25) is 0 Å². The summed E-state index contributed by atoms with van der Waals surface area (Å²) in [5.74, 6) is -0.346. The van der Waals surface area contributed by atoms with E-state index in [0.29, 0.717) is 5.69 Å². The summed E-state index contributed by atoms with van der Waals surface area (Å²) in [5.41, 5.74) is 6.59. The van der Waals surface area contributed by atoms with Crippen LogP contribution in [0.15, 0.2) is 18.2 Å². The Balaban J connectivity index is 2.03. The Kier molecular flexibility index (Phi) is 8.03. The highest BCUT2D eigenvalue weighted by molar-refractivity contribution is 5.66. The number of para-hydroxylation sites is 1. The van der Waals surface area contributed by atoms with Crippen LogP contribution in [0.1, 0.15) is 58.3 Å². The molecule has 108 valence electrons. The maximum Gasteiger partial charge on any atom is 0.148 e. The van der Waals surface area contributed by atoms with Crippen LogP contribution in [-0.2, 0) is 0 Å². The average molecular weight is 266 g/mol. The van der Waals surface area contributed by atoms with Crippen molar-refractivity contribution >= 4 is 11.4 Å². The fraction of sp³-hybridized carbons (Fsp3) is 0.625. The summed E-state index contributed by atoms with van der Waals surface area (Å²) < 4.78 is 13.2. The second kappa shape index (κ2) is 9.65. The molecule has 1 aromatic carbocycles. The number of hydrogen-bond acceptors (Lipinski definition) is 2. The van der Waals surface area contributed by atoms with Crippen molar-refractivity contribution in [2.45, 2.75) is 58.3 Å². The number of rotatable bonds is 10. The highest BCUT2D eigenvalue weighted by Gasteiger charge is 2.02. The third kappa shape index (κ3) is 6.46. The predicted molar refractivity (Wildman–Crippen MR) is 81.9 cm³/mol. The van der Waals surface area contributed by atoms with Crippen LogP contribution in [0.3, 0.4) is 0 Å². The monoisotopic (exact) mass is 266 g/mol. The summed E-state index contributed by atoms with van der Waals surface area (Å²) in [5, 5.41) is 3.20. The number of nitrogens with two attached hydrogens (primary N) is 1. The molecule has 0 aliphatic heterocycles. The molecule has 1 aromatic rings. The quantitative estimate of drug-likeness (QED) is 0.464. The molecule has 0 saturated carbocycles. The van der Waals surface area contributed by atoms with E-state index < -0.39 is 0 Å². The number of unbranched alkanes of at least 4 members (excludes halogenated alkanes) is 7. The Morgan fingerprint density at radius 3 is 2.32 bits per heavy atom. The Hall–Kier alpha value is -1.25. The zero-order valence-electron chi connectivity index (χ0n) is 12.1. The van der Waals surface area contributed by atoms with Gasteiger partial charge in [0.05, 0.1) is 11.4 Å². The average Bonchev–Trinajstić information content (AvgIpc) is 2.41. The van der Waals surface area contributed by atoms with Crippen LogP contribution in [0.5, 0.6) is 0 Å². The van der Waals surface area contributed by atoms with Gasteiger partial charge in [-0.1, -0.05) is 57.9 Å². The van der Waals surface area contributed by atoms with Crippen LogP contribution in [0.25, 0.3) is 0 Å². The van der Waals surface area contributed by atoms with E-state index in [4.69, 9.17) is 5.73 Å². The molecule has 3 heteroatoms. The smallest absolute Gasteiger partial charge is 0.148 e. The largest absolute Gasteiger partial charge is 0.395 e. The molecule has 0 spiro atoms. The number of nitrogen functional groups attached to an aromatic ring is 1. The first kappa shape index (κ1) is 15.8. The lowest BCUT2D eigenvalue weighted by Crippen LogP contribution is -2.05. The molecule has 0 radical (unpaired) electrons. The molecule has 0 amide bonds. The minimum absolute atomic E-state index is 0.224. The number of hydrogen-bond donors (Lipinski definition) is 2. The summed E-state index contributed by atoms with van der Waals surface area (Å²) in [4.78, 5) is 0. The van der Waals surface area contributed by atoms with Crippen molar-refractivity contribution in [2.24, 2.45) is 0 Å². The topological polar surface area (TPSA) is 38.0 Å². The SMILES string of the molecule is CCCCCCCCCCNc1cccc(F)c1N. The maximum atomic E-state index is 13.2. The summed E-state index contributed by atoms with van der Waals surface area (Å²) in [7, 11) is 0. The van der Waals surface area contributed by atoms with Crippen molar-refractivity contribution in [3.05, 3.63) is 24.0 Å². The highest BCUT2D eigenvalue weighted by Crippen LogP contribution is 2.21. The molecule has 0 saturated heterocycles. The van der Waals surface area contributed by atoms with Gasteiger partial charge in [0.25, 0.3) is 0 Å². The molecule has 0 fully saturated rings. The van der Waals surface area contributed by atoms with E-state index in [1.54, 1.807) is 6.07 Å². The first-order valence-electron chi connectivity index (χ1n) is 7.53. The Bertz CT molecular complexity index is 353. The van der Waals surface area contributed by atoms with Gasteiger partial charge in [0, 0.05) is 6.54 Å². The van der Waals surface area contributed by atoms with Gasteiger partial charge >= 0.3 is 0 Å². The van der Waals surface area contributed by atoms with Gasteiger partial charge in [0.1, 0.15) is 5.82 Å². The highest BCUT2D eigenvalue weighted by atomic mass is 19.1. The fourth-order valence-corrected chi connectivity index (χ4v) is 2.17. The lowest BCUT2D eigenvalue weighted by Gasteiger charge is -2.09. The van der Waals surface area contributed by atoms with E-state index in [1.807, 2.05) is 6.07 Å². The molecule has 2 nitrogen and oxygen atoms in total. The van der Waals surface area contributed by atoms with Gasteiger partial charge in [-0.15, -0.1) is 0 Å². The molecule has 19 heavy (non-hydrogen) atoms. The van der Waals surface area contributed by atoms with Crippen molar-refractivity contribution < 1.29 is 4.39 Å². The standard InChI is InChI=1S/C16H27FN2/c1-2-3-4-5-6-7-8-9-13-19-15-12-10-11-14(17)16(15)18/h10-12,19H,2-9,13,18H2,1H3. The molecular weight excluding hydrogens is 239 g/mol.